The van der Waals surface area contributed by atoms with Crippen LogP contribution in [0.2, 0.25) is 0 Å². The first-order valence-electron chi connectivity index (χ1n) is 7.42. The van der Waals surface area contributed by atoms with Gasteiger partial charge in [0.1, 0.15) is 18.4 Å². The van der Waals surface area contributed by atoms with Crippen LogP contribution < -0.4 is 4.74 Å². The molecule has 7 heteroatoms. The van der Waals surface area contributed by atoms with Gasteiger partial charge in [0, 0.05) is 6.42 Å². The average Bonchev–Trinajstić information content (AvgIpc) is 3.25. The Morgan fingerprint density at radius 3 is 2.75 bits per heavy atom. The molecule has 0 spiro atoms. The Morgan fingerprint density at radius 2 is 2.08 bits per heavy atom. The van der Waals surface area contributed by atoms with Gasteiger partial charge in [0.2, 0.25) is 0 Å². The number of methoxy groups -OCH3 is 1. The summed E-state index contributed by atoms with van der Waals surface area (Å²) in [5.74, 6) is -1.30. The molecule has 1 aromatic carbocycles. The molecule has 2 heterocycles. The maximum absolute atomic E-state index is 13.7. The minimum atomic E-state index is -0.783. The second-order valence-electron chi connectivity index (χ2n) is 5.41. The van der Waals surface area contributed by atoms with Crippen molar-refractivity contribution in [3.63, 3.8) is 0 Å². The fourth-order valence-corrected chi connectivity index (χ4v) is 2.74. The van der Waals surface area contributed by atoms with Crippen LogP contribution in [0.25, 0.3) is 0 Å². The molecule has 0 aliphatic carbocycles. The van der Waals surface area contributed by atoms with Crippen molar-refractivity contribution >= 4 is 11.9 Å². The van der Waals surface area contributed by atoms with Gasteiger partial charge in [-0.15, -0.1) is 0 Å². The molecule has 1 fully saturated rings. The number of amides is 1. The fourth-order valence-electron chi connectivity index (χ4n) is 2.74. The van der Waals surface area contributed by atoms with Gasteiger partial charge in [-0.2, -0.15) is 0 Å². The number of hydrogen-bond donors (Lipinski definition) is 0. The van der Waals surface area contributed by atoms with Crippen LogP contribution in [-0.4, -0.2) is 42.6 Å². The Kier molecular flexibility index (Phi) is 4.50. The van der Waals surface area contributed by atoms with Gasteiger partial charge >= 0.3 is 5.97 Å². The van der Waals surface area contributed by atoms with Gasteiger partial charge in [-0.1, -0.05) is 12.1 Å². The van der Waals surface area contributed by atoms with Crippen molar-refractivity contribution in [1.82, 2.24) is 4.90 Å². The van der Waals surface area contributed by atoms with E-state index >= 15 is 0 Å². The number of hydrogen-bond acceptors (Lipinski definition) is 5. The van der Waals surface area contributed by atoms with Crippen molar-refractivity contribution in [1.29, 1.82) is 0 Å². The summed E-state index contributed by atoms with van der Waals surface area (Å²) in [6.45, 7) is 0.151. The Balaban J connectivity index is 1.79. The maximum Gasteiger partial charge on any atom is 0.328 e. The largest absolute Gasteiger partial charge is 0.485 e. The second kappa shape index (κ2) is 6.74. The van der Waals surface area contributed by atoms with Crippen molar-refractivity contribution < 1.29 is 27.9 Å². The number of carbonyl (C=O) groups excluding carboxylic acids is 2. The number of rotatable bonds is 4. The van der Waals surface area contributed by atoms with Crippen molar-refractivity contribution in [2.45, 2.75) is 18.6 Å². The van der Waals surface area contributed by atoms with Crippen LogP contribution in [0.15, 0.2) is 47.3 Å². The van der Waals surface area contributed by atoms with Gasteiger partial charge in [0.15, 0.2) is 11.6 Å². The number of furan rings is 1. The van der Waals surface area contributed by atoms with Gasteiger partial charge in [-0.05, 0) is 18.2 Å². The van der Waals surface area contributed by atoms with Gasteiger partial charge in [-0.25, -0.2) is 9.18 Å². The van der Waals surface area contributed by atoms with E-state index in [0.29, 0.717) is 5.56 Å². The standard InChI is InChI=1S/C17H16FNO5/c1-22-17(21)14-8-12(24-15-5-3-2-4-13(15)18)9-19(14)16(20)11-6-7-23-10-11/h2-7,10,12,14H,8-9H2,1H3/t12-,14+/m1/s1. The van der Waals surface area contributed by atoms with Gasteiger partial charge < -0.3 is 18.8 Å². The predicted molar refractivity (Wildman–Crippen MR) is 81.0 cm³/mol. The molecule has 1 aliphatic rings. The van der Waals surface area contributed by atoms with Gasteiger partial charge in [0.25, 0.3) is 5.91 Å². The van der Waals surface area contributed by atoms with Crippen molar-refractivity contribution in [3.8, 4) is 5.75 Å². The number of carbonyl (C=O) groups is 2. The molecular formula is C17H16FNO5. The zero-order valence-corrected chi connectivity index (χ0v) is 13.0. The summed E-state index contributed by atoms with van der Waals surface area (Å²) < 4.78 is 29.0. The lowest BCUT2D eigenvalue weighted by atomic mass is 10.2. The van der Waals surface area contributed by atoms with Crippen molar-refractivity contribution in [3.05, 3.63) is 54.2 Å². The molecule has 6 nitrogen and oxygen atoms in total. The van der Waals surface area contributed by atoms with Gasteiger partial charge in [0.05, 0.1) is 25.5 Å². The third kappa shape index (κ3) is 3.10. The van der Waals surface area contributed by atoms with E-state index in [9.17, 15) is 14.0 Å². The zero-order chi connectivity index (χ0) is 17.1. The van der Waals surface area contributed by atoms with E-state index in [2.05, 4.69) is 0 Å². The number of likely N-dealkylation sites (tertiary alicyclic amines) is 1. The van der Waals surface area contributed by atoms with Crippen molar-refractivity contribution in [2.75, 3.05) is 13.7 Å². The molecule has 2 aromatic rings. The minimum absolute atomic E-state index is 0.0868. The molecule has 0 unspecified atom stereocenters. The van der Waals surface area contributed by atoms with Crippen LogP contribution in [0, 0.1) is 5.82 Å². The second-order valence-corrected chi connectivity index (χ2v) is 5.41. The van der Waals surface area contributed by atoms with Crippen LogP contribution in [0.5, 0.6) is 5.75 Å². The summed E-state index contributed by atoms with van der Waals surface area (Å²) in [5, 5.41) is 0. The SMILES string of the molecule is COC(=O)[C@@H]1C[C@@H](Oc2ccccc2F)CN1C(=O)c1ccoc1. The quantitative estimate of drug-likeness (QED) is 0.803. The summed E-state index contributed by atoms with van der Waals surface area (Å²) in [7, 11) is 1.26. The number of ether oxygens (including phenoxy) is 2. The number of para-hydroxylation sites is 1. The van der Waals surface area contributed by atoms with E-state index in [1.165, 1.54) is 42.7 Å². The first-order chi connectivity index (χ1) is 11.6. The zero-order valence-electron chi connectivity index (χ0n) is 13.0. The molecule has 0 bridgehead atoms. The summed E-state index contributed by atoms with van der Waals surface area (Å²) in [6, 6.07) is 6.73. The molecule has 126 valence electrons. The highest BCUT2D eigenvalue weighted by molar-refractivity contribution is 5.96. The van der Waals surface area contributed by atoms with Crippen LogP contribution in [-0.2, 0) is 9.53 Å². The Hall–Kier alpha value is -2.83. The number of benzene rings is 1. The highest BCUT2D eigenvalue weighted by atomic mass is 19.1. The average molecular weight is 333 g/mol. The molecular weight excluding hydrogens is 317 g/mol. The predicted octanol–water partition coefficient (Wildman–Crippen LogP) is 2.25. The molecule has 1 saturated heterocycles. The van der Waals surface area contributed by atoms with Crippen LogP contribution in [0.4, 0.5) is 4.39 Å². The number of esters is 1. The third-order valence-electron chi connectivity index (χ3n) is 3.90. The van der Waals surface area contributed by atoms with E-state index in [0.717, 1.165) is 0 Å². The number of nitrogens with zero attached hydrogens (tertiary/aromatic N) is 1. The van der Waals surface area contributed by atoms with Crippen LogP contribution in [0.3, 0.4) is 0 Å². The van der Waals surface area contributed by atoms with E-state index in [1.54, 1.807) is 12.1 Å². The highest BCUT2D eigenvalue weighted by Gasteiger charge is 2.42. The molecule has 24 heavy (non-hydrogen) atoms. The monoisotopic (exact) mass is 333 g/mol. The summed E-state index contributed by atoms with van der Waals surface area (Å²) in [6.07, 6.45) is 2.40. The lowest BCUT2D eigenvalue weighted by Crippen LogP contribution is -2.41. The van der Waals surface area contributed by atoms with E-state index < -0.39 is 23.9 Å². The molecule has 3 rings (SSSR count). The molecule has 2 atom stereocenters. The molecule has 0 saturated carbocycles. The lowest BCUT2D eigenvalue weighted by molar-refractivity contribution is -0.145. The Morgan fingerprint density at radius 1 is 1.29 bits per heavy atom. The Bertz CT molecular complexity index is 730. The molecule has 0 N–H and O–H groups in total. The van der Waals surface area contributed by atoms with Crippen molar-refractivity contribution in [2.24, 2.45) is 0 Å². The lowest BCUT2D eigenvalue weighted by Gasteiger charge is -2.21. The normalized spacial score (nSPS) is 20.0. The highest BCUT2D eigenvalue weighted by Crippen LogP contribution is 2.27. The smallest absolute Gasteiger partial charge is 0.328 e. The third-order valence-corrected chi connectivity index (χ3v) is 3.90. The molecule has 0 radical (unpaired) electrons. The van der Waals surface area contributed by atoms with E-state index in [1.807, 2.05) is 0 Å². The molecule has 1 amide bonds. The first-order valence-corrected chi connectivity index (χ1v) is 7.42. The van der Waals surface area contributed by atoms with E-state index in [4.69, 9.17) is 13.9 Å². The summed E-state index contributed by atoms with van der Waals surface area (Å²) >= 11 is 0. The first kappa shape index (κ1) is 16.0. The molecule has 1 aliphatic heterocycles. The van der Waals surface area contributed by atoms with Gasteiger partial charge in [-0.3, -0.25) is 4.79 Å². The topological polar surface area (TPSA) is 69.0 Å². The minimum Gasteiger partial charge on any atom is -0.485 e. The maximum atomic E-state index is 13.7. The number of halogens is 1. The Labute approximate surface area is 137 Å². The van der Waals surface area contributed by atoms with Crippen LogP contribution >= 0.6 is 0 Å². The van der Waals surface area contributed by atoms with E-state index in [-0.39, 0.29) is 24.6 Å². The summed E-state index contributed by atoms with van der Waals surface area (Å²) in [4.78, 5) is 25.9. The summed E-state index contributed by atoms with van der Waals surface area (Å²) in [5.41, 5.74) is 0.329. The van der Waals surface area contributed by atoms with Crippen LogP contribution in [0.1, 0.15) is 16.8 Å². The molecule has 1 aromatic heterocycles. The fraction of sp³-hybridized carbons (Fsp3) is 0.294.